The monoisotopic (exact) mass is 172 g/mol. The number of hydrogen-bond acceptors (Lipinski definition) is 1. The van der Waals surface area contributed by atoms with Crippen LogP contribution in [0.3, 0.4) is 0 Å². The van der Waals surface area contributed by atoms with Crippen LogP contribution in [0.25, 0.3) is 0 Å². The van der Waals surface area contributed by atoms with E-state index in [9.17, 15) is 0 Å². The van der Waals surface area contributed by atoms with E-state index < -0.39 is 0 Å². The Hall–Kier alpha value is 0.350. The van der Waals surface area contributed by atoms with Gasteiger partial charge in [0.25, 0.3) is 0 Å². The first-order chi connectivity index (χ1) is 5.34. The first-order valence-corrected chi connectivity index (χ1v) is 6.07. The van der Waals surface area contributed by atoms with Crippen molar-refractivity contribution in [3.05, 3.63) is 0 Å². The maximum Gasteiger partial charge on any atom is -0.00367 e. The van der Waals surface area contributed by atoms with Crippen LogP contribution in [0.15, 0.2) is 0 Å². The van der Waals surface area contributed by atoms with Gasteiger partial charge in [-0.15, -0.1) is 0 Å². The average molecular weight is 172 g/mol. The summed E-state index contributed by atoms with van der Waals surface area (Å²) in [5.74, 6) is 4.75. The van der Waals surface area contributed by atoms with Crippen molar-refractivity contribution in [2.45, 2.75) is 39.5 Å². The van der Waals surface area contributed by atoms with Gasteiger partial charge in [0.2, 0.25) is 0 Å². The van der Waals surface area contributed by atoms with Crippen molar-refractivity contribution in [3.8, 4) is 0 Å². The van der Waals surface area contributed by atoms with E-state index in [2.05, 4.69) is 25.6 Å². The molecule has 1 aliphatic carbocycles. The summed E-state index contributed by atoms with van der Waals surface area (Å²) in [7, 11) is 0. The Morgan fingerprint density at radius 3 is 2.64 bits per heavy atom. The van der Waals surface area contributed by atoms with Crippen molar-refractivity contribution in [1.29, 1.82) is 0 Å². The third-order valence-corrected chi connectivity index (χ3v) is 3.90. The van der Waals surface area contributed by atoms with Crippen LogP contribution in [0, 0.1) is 11.8 Å². The SMILES string of the molecule is CCSCC1CCCC[C@@H]1C. The Morgan fingerprint density at radius 1 is 1.27 bits per heavy atom. The third kappa shape index (κ3) is 3.06. The van der Waals surface area contributed by atoms with E-state index in [1.54, 1.807) is 0 Å². The summed E-state index contributed by atoms with van der Waals surface area (Å²) in [6, 6.07) is 0. The maximum absolute atomic E-state index is 2.43. The van der Waals surface area contributed by atoms with E-state index in [0.29, 0.717) is 0 Å². The van der Waals surface area contributed by atoms with Crippen LogP contribution in [0.4, 0.5) is 0 Å². The van der Waals surface area contributed by atoms with Crippen molar-refractivity contribution < 1.29 is 0 Å². The first-order valence-electron chi connectivity index (χ1n) is 4.92. The highest BCUT2D eigenvalue weighted by atomic mass is 32.2. The summed E-state index contributed by atoms with van der Waals surface area (Å²) in [6.07, 6.45) is 5.94. The molecule has 0 nitrogen and oxygen atoms in total. The smallest absolute Gasteiger partial charge is 0.00367 e. The third-order valence-electron chi connectivity index (χ3n) is 2.83. The van der Waals surface area contributed by atoms with Gasteiger partial charge in [0, 0.05) is 0 Å². The molecular formula is C10H20S. The van der Waals surface area contributed by atoms with Crippen LogP contribution < -0.4 is 0 Å². The molecule has 1 unspecified atom stereocenters. The Balaban J connectivity index is 2.18. The fraction of sp³-hybridized carbons (Fsp3) is 1.00. The molecule has 1 rings (SSSR count). The molecule has 66 valence electrons. The zero-order valence-corrected chi connectivity index (χ0v) is 8.62. The lowest BCUT2D eigenvalue weighted by Gasteiger charge is -2.28. The van der Waals surface area contributed by atoms with Gasteiger partial charge in [0.15, 0.2) is 0 Å². The number of thioether (sulfide) groups is 1. The van der Waals surface area contributed by atoms with Crippen LogP contribution in [-0.2, 0) is 0 Å². The van der Waals surface area contributed by atoms with Gasteiger partial charge in [-0.3, -0.25) is 0 Å². The molecule has 1 saturated carbocycles. The maximum atomic E-state index is 2.43. The predicted octanol–water partition coefficient (Wildman–Crippen LogP) is 3.57. The molecule has 1 fully saturated rings. The molecule has 0 radical (unpaired) electrons. The molecule has 1 heteroatoms. The molecule has 0 amide bonds. The second-order valence-electron chi connectivity index (χ2n) is 3.68. The standard InChI is InChI=1S/C10H20S/c1-3-11-8-10-7-5-4-6-9(10)2/h9-10H,3-8H2,1-2H3/t9-,10?/m0/s1. The van der Waals surface area contributed by atoms with Gasteiger partial charge >= 0.3 is 0 Å². The van der Waals surface area contributed by atoms with Gasteiger partial charge < -0.3 is 0 Å². The van der Waals surface area contributed by atoms with E-state index in [-0.39, 0.29) is 0 Å². The fourth-order valence-electron chi connectivity index (χ4n) is 1.91. The molecule has 0 bridgehead atoms. The van der Waals surface area contributed by atoms with Crippen molar-refractivity contribution in [1.82, 2.24) is 0 Å². The Bertz CT molecular complexity index is 101. The molecule has 0 aliphatic heterocycles. The lowest BCUT2D eigenvalue weighted by Crippen LogP contribution is -2.18. The van der Waals surface area contributed by atoms with E-state index in [1.165, 1.54) is 37.2 Å². The summed E-state index contributed by atoms with van der Waals surface area (Å²) in [5, 5.41) is 0. The molecule has 0 saturated heterocycles. The second kappa shape index (κ2) is 5.08. The van der Waals surface area contributed by atoms with Gasteiger partial charge in [-0.25, -0.2) is 0 Å². The largest absolute Gasteiger partial charge is 0.162 e. The van der Waals surface area contributed by atoms with Crippen molar-refractivity contribution >= 4 is 11.8 Å². The highest BCUT2D eigenvalue weighted by Gasteiger charge is 2.20. The molecule has 11 heavy (non-hydrogen) atoms. The van der Waals surface area contributed by atoms with Crippen molar-refractivity contribution in [2.75, 3.05) is 11.5 Å². The van der Waals surface area contributed by atoms with E-state index in [4.69, 9.17) is 0 Å². The van der Waals surface area contributed by atoms with Crippen LogP contribution in [0.5, 0.6) is 0 Å². The van der Waals surface area contributed by atoms with E-state index >= 15 is 0 Å². The average Bonchev–Trinajstić information content (AvgIpc) is 2.03. The highest BCUT2D eigenvalue weighted by Crippen LogP contribution is 2.31. The van der Waals surface area contributed by atoms with Gasteiger partial charge in [-0.1, -0.05) is 33.1 Å². The molecule has 0 aromatic carbocycles. The van der Waals surface area contributed by atoms with Crippen LogP contribution >= 0.6 is 11.8 Å². The molecule has 0 aromatic rings. The minimum Gasteiger partial charge on any atom is -0.162 e. The van der Waals surface area contributed by atoms with Crippen molar-refractivity contribution in [2.24, 2.45) is 11.8 Å². The molecule has 0 heterocycles. The highest BCUT2D eigenvalue weighted by molar-refractivity contribution is 7.99. The van der Waals surface area contributed by atoms with E-state index in [0.717, 1.165) is 11.8 Å². The first kappa shape index (κ1) is 9.44. The molecule has 0 N–H and O–H groups in total. The van der Waals surface area contributed by atoms with Gasteiger partial charge in [-0.05, 0) is 29.8 Å². The molecule has 2 atom stereocenters. The molecular weight excluding hydrogens is 152 g/mol. The normalized spacial score (nSPS) is 32.2. The topological polar surface area (TPSA) is 0 Å². The van der Waals surface area contributed by atoms with Crippen molar-refractivity contribution in [3.63, 3.8) is 0 Å². The quantitative estimate of drug-likeness (QED) is 0.627. The second-order valence-corrected chi connectivity index (χ2v) is 5.00. The van der Waals surface area contributed by atoms with Gasteiger partial charge in [0.05, 0.1) is 0 Å². The minimum absolute atomic E-state index is 1.00. The summed E-state index contributed by atoms with van der Waals surface area (Å²) < 4.78 is 0. The molecule has 1 aliphatic rings. The predicted molar refractivity (Wildman–Crippen MR) is 54.1 cm³/mol. The Morgan fingerprint density at radius 2 is 2.00 bits per heavy atom. The zero-order chi connectivity index (χ0) is 8.10. The summed E-state index contributed by atoms with van der Waals surface area (Å²) in [6.45, 7) is 4.69. The number of rotatable bonds is 3. The summed E-state index contributed by atoms with van der Waals surface area (Å²) in [5.41, 5.74) is 0. The summed E-state index contributed by atoms with van der Waals surface area (Å²) in [4.78, 5) is 0. The summed E-state index contributed by atoms with van der Waals surface area (Å²) >= 11 is 2.12. The van der Waals surface area contributed by atoms with E-state index in [1.807, 2.05) is 0 Å². The van der Waals surface area contributed by atoms with Gasteiger partial charge in [0.1, 0.15) is 0 Å². The van der Waals surface area contributed by atoms with Crippen LogP contribution in [-0.4, -0.2) is 11.5 Å². The van der Waals surface area contributed by atoms with Crippen LogP contribution in [0.2, 0.25) is 0 Å². The molecule has 0 aromatic heterocycles. The lowest BCUT2D eigenvalue weighted by molar-refractivity contribution is 0.282. The minimum atomic E-state index is 1.00. The zero-order valence-electron chi connectivity index (χ0n) is 7.81. The van der Waals surface area contributed by atoms with Gasteiger partial charge in [-0.2, -0.15) is 11.8 Å². The fourth-order valence-corrected chi connectivity index (χ4v) is 2.94. The Kier molecular flexibility index (Phi) is 4.36. The Labute approximate surface area is 75.1 Å². The number of hydrogen-bond donors (Lipinski definition) is 0. The van der Waals surface area contributed by atoms with Crippen LogP contribution in [0.1, 0.15) is 39.5 Å². The lowest BCUT2D eigenvalue weighted by atomic mass is 9.82. The molecule has 0 spiro atoms.